The van der Waals surface area contributed by atoms with Crippen molar-refractivity contribution in [3.63, 3.8) is 0 Å². The Bertz CT molecular complexity index is 652. The van der Waals surface area contributed by atoms with Crippen molar-refractivity contribution in [3.8, 4) is 0 Å². The van der Waals surface area contributed by atoms with Crippen LogP contribution in [0.4, 0.5) is 18.9 Å². The number of aromatic nitrogens is 2. The summed E-state index contributed by atoms with van der Waals surface area (Å²) in [5, 5.41) is 7.98. The molecule has 1 aromatic heterocycles. The van der Waals surface area contributed by atoms with Crippen LogP contribution in [0.3, 0.4) is 0 Å². The molecule has 8 heteroatoms. The molecule has 0 saturated carbocycles. The van der Waals surface area contributed by atoms with Gasteiger partial charge in [-0.05, 0) is 24.6 Å². The number of nitrogens with one attached hydrogen (secondary N) is 2. The van der Waals surface area contributed by atoms with Gasteiger partial charge in [0.1, 0.15) is 5.69 Å². The lowest BCUT2D eigenvalue weighted by Gasteiger charge is -2.07. The first-order valence-electron chi connectivity index (χ1n) is 5.47. The number of benzene rings is 1. The first-order chi connectivity index (χ1) is 9.27. The lowest BCUT2D eigenvalue weighted by molar-refractivity contribution is -0.141. The zero-order valence-electron chi connectivity index (χ0n) is 10.2. The molecule has 0 radical (unpaired) electrons. The number of hydrogen-bond donors (Lipinski definition) is 2. The molecule has 0 saturated heterocycles. The van der Waals surface area contributed by atoms with Gasteiger partial charge in [0, 0.05) is 16.8 Å². The van der Waals surface area contributed by atoms with Gasteiger partial charge in [-0.25, -0.2) is 0 Å². The highest BCUT2D eigenvalue weighted by atomic mass is 35.5. The summed E-state index contributed by atoms with van der Waals surface area (Å²) in [5.74, 6) is -0.748. The van der Waals surface area contributed by atoms with Crippen molar-refractivity contribution in [2.45, 2.75) is 13.1 Å². The van der Waals surface area contributed by atoms with E-state index >= 15 is 0 Å². The van der Waals surface area contributed by atoms with Crippen LogP contribution in [-0.2, 0) is 6.18 Å². The molecule has 20 heavy (non-hydrogen) atoms. The second kappa shape index (κ2) is 5.16. The maximum atomic E-state index is 12.4. The quantitative estimate of drug-likeness (QED) is 0.890. The van der Waals surface area contributed by atoms with Crippen LogP contribution in [0.15, 0.2) is 24.3 Å². The Labute approximate surface area is 116 Å². The van der Waals surface area contributed by atoms with Gasteiger partial charge in [-0.3, -0.25) is 9.89 Å². The SMILES string of the molecule is Cc1ccc(Cl)cc1NC(=O)c1cc(C(F)(F)F)[nH]n1. The maximum absolute atomic E-state index is 12.4. The average molecular weight is 304 g/mol. The largest absolute Gasteiger partial charge is 0.432 e. The molecule has 0 aliphatic carbocycles. The summed E-state index contributed by atoms with van der Waals surface area (Å²) in [4.78, 5) is 11.8. The van der Waals surface area contributed by atoms with Crippen LogP contribution in [0.25, 0.3) is 0 Å². The van der Waals surface area contributed by atoms with Crippen LogP contribution in [-0.4, -0.2) is 16.1 Å². The van der Waals surface area contributed by atoms with E-state index in [1.54, 1.807) is 24.2 Å². The van der Waals surface area contributed by atoms with Crippen LogP contribution in [0.1, 0.15) is 21.7 Å². The van der Waals surface area contributed by atoms with Crippen LogP contribution in [0.2, 0.25) is 5.02 Å². The Morgan fingerprint density at radius 3 is 2.65 bits per heavy atom. The van der Waals surface area contributed by atoms with Crippen LogP contribution in [0.5, 0.6) is 0 Å². The zero-order valence-corrected chi connectivity index (χ0v) is 10.9. The van der Waals surface area contributed by atoms with E-state index in [1.165, 1.54) is 6.07 Å². The summed E-state index contributed by atoms with van der Waals surface area (Å²) >= 11 is 5.79. The molecule has 1 aromatic carbocycles. The highest BCUT2D eigenvalue weighted by molar-refractivity contribution is 6.31. The molecule has 1 amide bonds. The van der Waals surface area contributed by atoms with Crippen molar-refractivity contribution in [2.75, 3.05) is 5.32 Å². The fourth-order valence-electron chi connectivity index (χ4n) is 1.50. The molecule has 1 heterocycles. The van der Waals surface area contributed by atoms with E-state index in [0.717, 1.165) is 5.56 Å². The van der Waals surface area contributed by atoms with Gasteiger partial charge in [-0.2, -0.15) is 18.3 Å². The number of halogens is 4. The fraction of sp³-hybridized carbons (Fsp3) is 0.167. The summed E-state index contributed by atoms with van der Waals surface area (Å²) in [6.45, 7) is 1.73. The third-order valence-electron chi connectivity index (χ3n) is 2.56. The van der Waals surface area contributed by atoms with Gasteiger partial charge >= 0.3 is 6.18 Å². The number of amides is 1. The Hall–Kier alpha value is -2.02. The number of aromatic amines is 1. The van der Waals surface area contributed by atoms with Crippen molar-refractivity contribution in [1.29, 1.82) is 0 Å². The summed E-state index contributed by atoms with van der Waals surface area (Å²) in [5.41, 5.74) is -0.282. The van der Waals surface area contributed by atoms with Gasteiger partial charge in [0.25, 0.3) is 5.91 Å². The van der Waals surface area contributed by atoms with Crippen LogP contribution in [0, 0.1) is 6.92 Å². The molecule has 0 atom stereocenters. The Kier molecular flexibility index (Phi) is 3.71. The van der Waals surface area contributed by atoms with Gasteiger partial charge in [0.15, 0.2) is 5.69 Å². The number of carbonyl (C=O) groups excluding carboxylic acids is 1. The van der Waals surface area contributed by atoms with E-state index in [1.807, 2.05) is 0 Å². The molecule has 2 N–H and O–H groups in total. The number of carbonyl (C=O) groups is 1. The van der Waals surface area contributed by atoms with E-state index in [4.69, 9.17) is 11.6 Å². The number of hydrogen-bond acceptors (Lipinski definition) is 2. The molecule has 0 spiro atoms. The van der Waals surface area contributed by atoms with E-state index in [0.29, 0.717) is 16.8 Å². The Balaban J connectivity index is 2.20. The first-order valence-corrected chi connectivity index (χ1v) is 5.85. The first kappa shape index (κ1) is 14.4. The van der Waals surface area contributed by atoms with Gasteiger partial charge in [-0.1, -0.05) is 17.7 Å². The van der Waals surface area contributed by atoms with Crippen LogP contribution >= 0.6 is 11.6 Å². The third kappa shape index (κ3) is 3.11. The lowest BCUT2D eigenvalue weighted by Crippen LogP contribution is -2.13. The van der Waals surface area contributed by atoms with Crippen molar-refractivity contribution >= 4 is 23.2 Å². The molecule has 2 rings (SSSR count). The Morgan fingerprint density at radius 2 is 2.05 bits per heavy atom. The van der Waals surface area contributed by atoms with Crippen LogP contribution < -0.4 is 5.32 Å². The molecule has 0 fully saturated rings. The molecule has 2 aromatic rings. The van der Waals surface area contributed by atoms with E-state index < -0.39 is 17.8 Å². The molecule has 0 aliphatic heterocycles. The van der Waals surface area contributed by atoms with Crippen molar-refractivity contribution in [1.82, 2.24) is 10.2 Å². The number of rotatable bonds is 2. The van der Waals surface area contributed by atoms with E-state index in [-0.39, 0.29) is 5.69 Å². The predicted octanol–water partition coefficient (Wildman–Crippen LogP) is 3.64. The normalized spacial score (nSPS) is 11.4. The summed E-state index contributed by atoms with van der Waals surface area (Å²) < 4.78 is 37.2. The van der Waals surface area contributed by atoms with Crippen molar-refractivity contribution in [3.05, 3.63) is 46.2 Å². The minimum Gasteiger partial charge on any atom is -0.320 e. The predicted molar refractivity (Wildman–Crippen MR) is 67.7 cm³/mol. The van der Waals surface area contributed by atoms with E-state index in [9.17, 15) is 18.0 Å². The topological polar surface area (TPSA) is 57.8 Å². The van der Waals surface area contributed by atoms with Gasteiger partial charge < -0.3 is 5.32 Å². The molecule has 0 bridgehead atoms. The number of nitrogens with zero attached hydrogens (tertiary/aromatic N) is 1. The summed E-state index contributed by atoms with van der Waals surface area (Å²) in [6.07, 6.45) is -4.57. The minimum atomic E-state index is -4.57. The number of H-pyrrole nitrogens is 1. The van der Waals surface area contributed by atoms with Gasteiger partial charge in [0.05, 0.1) is 0 Å². The summed E-state index contributed by atoms with van der Waals surface area (Å²) in [6, 6.07) is 5.48. The fourth-order valence-corrected chi connectivity index (χ4v) is 1.67. The molecular weight excluding hydrogens is 295 g/mol. The molecule has 106 valence electrons. The maximum Gasteiger partial charge on any atom is 0.432 e. The highest BCUT2D eigenvalue weighted by Gasteiger charge is 2.33. The van der Waals surface area contributed by atoms with Gasteiger partial charge in [0.2, 0.25) is 0 Å². The molecule has 0 aliphatic rings. The van der Waals surface area contributed by atoms with Crippen molar-refractivity contribution < 1.29 is 18.0 Å². The number of aryl methyl sites for hydroxylation is 1. The second-order valence-corrected chi connectivity index (χ2v) is 4.51. The summed E-state index contributed by atoms with van der Waals surface area (Å²) in [7, 11) is 0. The third-order valence-corrected chi connectivity index (χ3v) is 2.80. The highest BCUT2D eigenvalue weighted by Crippen LogP contribution is 2.28. The smallest absolute Gasteiger partial charge is 0.320 e. The van der Waals surface area contributed by atoms with E-state index in [2.05, 4.69) is 10.4 Å². The van der Waals surface area contributed by atoms with Gasteiger partial charge in [-0.15, -0.1) is 0 Å². The number of alkyl halides is 3. The lowest BCUT2D eigenvalue weighted by atomic mass is 10.2. The molecular formula is C12H9ClF3N3O. The average Bonchev–Trinajstić information content (AvgIpc) is 2.83. The molecule has 4 nitrogen and oxygen atoms in total. The minimum absolute atomic E-state index is 0.350. The second-order valence-electron chi connectivity index (χ2n) is 4.08. The van der Waals surface area contributed by atoms with Crippen molar-refractivity contribution in [2.24, 2.45) is 0 Å². The number of anilines is 1. The monoisotopic (exact) mass is 303 g/mol. The Morgan fingerprint density at radius 1 is 1.35 bits per heavy atom. The standard InChI is InChI=1S/C12H9ClF3N3O/c1-6-2-3-7(13)4-8(6)17-11(20)9-5-10(19-18-9)12(14,15)16/h2-5H,1H3,(H,17,20)(H,18,19). The zero-order chi connectivity index (χ0) is 14.9. The molecule has 0 unspecified atom stereocenters.